The van der Waals surface area contributed by atoms with E-state index in [1.54, 1.807) is 6.07 Å². The van der Waals surface area contributed by atoms with Crippen molar-refractivity contribution in [2.75, 3.05) is 6.54 Å². The van der Waals surface area contributed by atoms with Crippen molar-refractivity contribution in [3.8, 4) is 0 Å². The molecule has 96 valence electrons. The monoisotopic (exact) mass is 301 g/mol. The van der Waals surface area contributed by atoms with Crippen LogP contribution in [0.5, 0.6) is 0 Å². The van der Waals surface area contributed by atoms with Gasteiger partial charge in [-0.2, -0.15) is 0 Å². The summed E-state index contributed by atoms with van der Waals surface area (Å²) in [5.74, 6) is -0.106. The van der Waals surface area contributed by atoms with Crippen LogP contribution in [0.3, 0.4) is 0 Å². The zero-order valence-corrected chi connectivity index (χ0v) is 12.3. The summed E-state index contributed by atoms with van der Waals surface area (Å²) in [4.78, 5) is 12.5. The Labute approximate surface area is 120 Å². The maximum absolute atomic E-state index is 12.0. The van der Waals surface area contributed by atoms with Gasteiger partial charge in [-0.05, 0) is 18.6 Å². The lowest BCUT2D eigenvalue weighted by molar-refractivity contribution is 0.0957. The molecule has 1 amide bonds. The van der Waals surface area contributed by atoms with E-state index in [9.17, 15) is 4.79 Å². The molecule has 0 atom stereocenters. The Morgan fingerprint density at radius 1 is 1.39 bits per heavy atom. The van der Waals surface area contributed by atoms with Gasteiger partial charge in [-0.1, -0.05) is 42.6 Å². The van der Waals surface area contributed by atoms with E-state index in [0.717, 1.165) is 22.9 Å². The molecule has 2 nitrogen and oxygen atoms in total. The predicted octanol–water partition coefficient (Wildman–Crippen LogP) is 4.74. The van der Waals surface area contributed by atoms with Crippen LogP contribution >= 0.6 is 34.5 Å². The van der Waals surface area contributed by atoms with Gasteiger partial charge in [0.1, 0.15) is 4.88 Å². The highest BCUT2D eigenvalue weighted by Crippen LogP contribution is 2.36. The number of hydrogen-bond acceptors (Lipinski definition) is 2. The number of hydrogen-bond donors (Lipinski definition) is 1. The Morgan fingerprint density at radius 3 is 2.89 bits per heavy atom. The summed E-state index contributed by atoms with van der Waals surface area (Å²) in [6, 6.07) is 5.46. The average Bonchev–Trinajstić information content (AvgIpc) is 2.66. The molecular formula is C13H13Cl2NOS. The van der Waals surface area contributed by atoms with Gasteiger partial charge in [0.25, 0.3) is 5.91 Å². The summed E-state index contributed by atoms with van der Waals surface area (Å²) in [6.45, 7) is 2.77. The van der Waals surface area contributed by atoms with Gasteiger partial charge >= 0.3 is 0 Å². The predicted molar refractivity (Wildman–Crippen MR) is 79.1 cm³/mol. The molecular weight excluding hydrogens is 289 g/mol. The molecule has 0 aliphatic carbocycles. The summed E-state index contributed by atoms with van der Waals surface area (Å²) in [5, 5.41) is 4.92. The summed E-state index contributed by atoms with van der Waals surface area (Å²) in [5.41, 5.74) is 0. The van der Waals surface area contributed by atoms with Crippen LogP contribution in [-0.4, -0.2) is 12.5 Å². The van der Waals surface area contributed by atoms with E-state index in [2.05, 4.69) is 12.2 Å². The standard InChI is InChI=1S/C13H13Cl2NOS/c1-2-3-6-16-13(17)12-11(15)9-5-4-8(14)7-10(9)18-12/h4-5,7H,2-3,6H2,1H3,(H,16,17). The largest absolute Gasteiger partial charge is 0.351 e. The zero-order valence-electron chi connectivity index (χ0n) is 9.93. The van der Waals surface area contributed by atoms with Crippen molar-refractivity contribution in [1.29, 1.82) is 0 Å². The number of halogens is 2. The van der Waals surface area contributed by atoms with Crippen LogP contribution in [0.4, 0.5) is 0 Å². The Balaban J connectivity index is 2.28. The third-order valence-corrected chi connectivity index (χ3v) is 4.50. The summed E-state index contributed by atoms with van der Waals surface area (Å²) in [7, 11) is 0. The van der Waals surface area contributed by atoms with Gasteiger partial charge in [-0.3, -0.25) is 4.79 Å². The highest BCUT2D eigenvalue weighted by molar-refractivity contribution is 7.21. The van der Waals surface area contributed by atoms with Crippen LogP contribution in [0, 0.1) is 0 Å². The fourth-order valence-corrected chi connectivity index (χ4v) is 3.35. The molecule has 1 aromatic heterocycles. The normalized spacial score (nSPS) is 10.8. The highest BCUT2D eigenvalue weighted by atomic mass is 35.5. The number of rotatable bonds is 4. The Morgan fingerprint density at radius 2 is 2.17 bits per heavy atom. The number of fused-ring (bicyclic) bond motifs is 1. The zero-order chi connectivity index (χ0) is 13.1. The number of amides is 1. The van der Waals surface area contributed by atoms with E-state index in [4.69, 9.17) is 23.2 Å². The quantitative estimate of drug-likeness (QED) is 0.812. The third kappa shape index (κ3) is 2.79. The first kappa shape index (κ1) is 13.7. The van der Waals surface area contributed by atoms with E-state index < -0.39 is 0 Å². The number of carbonyl (C=O) groups is 1. The number of nitrogens with one attached hydrogen (secondary N) is 1. The topological polar surface area (TPSA) is 29.1 Å². The molecule has 5 heteroatoms. The first-order valence-electron chi connectivity index (χ1n) is 5.79. The van der Waals surface area contributed by atoms with Gasteiger partial charge in [0.05, 0.1) is 5.02 Å². The second kappa shape index (κ2) is 5.91. The van der Waals surface area contributed by atoms with Crippen LogP contribution in [0.2, 0.25) is 10.0 Å². The first-order chi connectivity index (χ1) is 8.63. The number of thiophene rings is 1. The number of unbranched alkanes of at least 4 members (excludes halogenated alkanes) is 1. The van der Waals surface area contributed by atoms with Crippen molar-refractivity contribution < 1.29 is 4.79 Å². The van der Waals surface area contributed by atoms with E-state index in [1.807, 2.05) is 12.1 Å². The van der Waals surface area contributed by atoms with Crippen LogP contribution in [-0.2, 0) is 0 Å². The van der Waals surface area contributed by atoms with Crippen LogP contribution in [0.1, 0.15) is 29.4 Å². The average molecular weight is 302 g/mol. The summed E-state index contributed by atoms with van der Waals surface area (Å²) in [6.07, 6.45) is 2.02. The van der Waals surface area contributed by atoms with Gasteiger partial charge in [0.2, 0.25) is 0 Å². The molecule has 0 unspecified atom stereocenters. The van der Waals surface area contributed by atoms with Gasteiger partial charge < -0.3 is 5.32 Å². The lowest BCUT2D eigenvalue weighted by atomic mass is 10.2. The molecule has 0 fully saturated rings. The van der Waals surface area contributed by atoms with Gasteiger partial charge in [0, 0.05) is 21.7 Å². The van der Waals surface area contributed by atoms with Crippen molar-refractivity contribution in [1.82, 2.24) is 5.32 Å². The van der Waals surface area contributed by atoms with Crippen molar-refractivity contribution in [3.63, 3.8) is 0 Å². The molecule has 2 rings (SSSR count). The Kier molecular flexibility index (Phi) is 4.49. The van der Waals surface area contributed by atoms with E-state index in [-0.39, 0.29) is 5.91 Å². The fraction of sp³-hybridized carbons (Fsp3) is 0.308. The molecule has 1 heterocycles. The molecule has 0 bridgehead atoms. The fourth-order valence-electron chi connectivity index (χ4n) is 1.64. The van der Waals surface area contributed by atoms with Crippen LogP contribution < -0.4 is 5.32 Å². The van der Waals surface area contributed by atoms with E-state index >= 15 is 0 Å². The summed E-state index contributed by atoms with van der Waals surface area (Å²) >= 11 is 13.5. The number of carbonyl (C=O) groups excluding carboxylic acids is 1. The minimum Gasteiger partial charge on any atom is -0.351 e. The maximum atomic E-state index is 12.0. The minimum atomic E-state index is -0.106. The molecule has 0 aliphatic heterocycles. The molecule has 2 aromatic rings. The molecule has 1 N–H and O–H groups in total. The Hall–Kier alpha value is -0.770. The molecule has 0 saturated carbocycles. The highest BCUT2D eigenvalue weighted by Gasteiger charge is 2.16. The van der Waals surface area contributed by atoms with Crippen molar-refractivity contribution >= 4 is 50.5 Å². The third-order valence-electron chi connectivity index (χ3n) is 2.61. The molecule has 0 saturated heterocycles. The maximum Gasteiger partial charge on any atom is 0.262 e. The Bertz CT molecular complexity index is 580. The van der Waals surface area contributed by atoms with Gasteiger partial charge in [-0.15, -0.1) is 11.3 Å². The molecule has 1 aromatic carbocycles. The molecule has 0 spiro atoms. The van der Waals surface area contributed by atoms with E-state index in [0.29, 0.717) is 21.5 Å². The summed E-state index contributed by atoms with van der Waals surface area (Å²) < 4.78 is 0.938. The van der Waals surface area contributed by atoms with E-state index in [1.165, 1.54) is 11.3 Å². The van der Waals surface area contributed by atoms with Crippen molar-refractivity contribution in [2.24, 2.45) is 0 Å². The van der Waals surface area contributed by atoms with Crippen molar-refractivity contribution in [3.05, 3.63) is 33.1 Å². The lowest BCUT2D eigenvalue weighted by Crippen LogP contribution is -2.23. The second-order valence-electron chi connectivity index (χ2n) is 4.00. The second-order valence-corrected chi connectivity index (χ2v) is 5.86. The first-order valence-corrected chi connectivity index (χ1v) is 7.36. The van der Waals surface area contributed by atoms with Gasteiger partial charge in [0.15, 0.2) is 0 Å². The smallest absolute Gasteiger partial charge is 0.262 e. The van der Waals surface area contributed by atoms with Crippen LogP contribution in [0.15, 0.2) is 18.2 Å². The number of benzene rings is 1. The molecule has 18 heavy (non-hydrogen) atoms. The molecule has 0 aliphatic rings. The van der Waals surface area contributed by atoms with Crippen LogP contribution in [0.25, 0.3) is 10.1 Å². The van der Waals surface area contributed by atoms with Gasteiger partial charge in [-0.25, -0.2) is 0 Å². The van der Waals surface area contributed by atoms with Crippen molar-refractivity contribution in [2.45, 2.75) is 19.8 Å². The minimum absolute atomic E-state index is 0.106. The molecule has 0 radical (unpaired) electrons. The SMILES string of the molecule is CCCCNC(=O)c1sc2cc(Cl)ccc2c1Cl. The lowest BCUT2D eigenvalue weighted by Gasteiger charge is -2.01.